The molecule has 0 amide bonds. The molecule has 0 unspecified atom stereocenters. The molecule has 0 spiro atoms. The molecule has 0 saturated carbocycles. The number of hydrogen-bond donors (Lipinski definition) is 0. The summed E-state index contributed by atoms with van der Waals surface area (Å²) in [6.07, 6.45) is -4.67. The zero-order valence-electron chi connectivity index (χ0n) is 3.86. The minimum absolute atomic E-state index is 0. The third-order valence-electron chi connectivity index (χ3n) is 0. The fourth-order valence-corrected chi connectivity index (χ4v) is 0. The van der Waals surface area contributed by atoms with Crippen LogP contribution in [-0.2, 0) is 0 Å². The smallest absolute Gasteiger partial charge is 0.652 e. The maximum atomic E-state index is 8.33. The normalized spacial score (nSPS) is 5.33. The summed E-state index contributed by atoms with van der Waals surface area (Å²) < 4.78 is 0. The van der Waals surface area contributed by atoms with Gasteiger partial charge in [0.2, 0.25) is 0 Å². The molecule has 0 fully saturated rings. The summed E-state index contributed by atoms with van der Waals surface area (Å²) >= 11 is 0. The monoisotopic (exact) mass is 358 g/mol. The molecule has 0 aliphatic carbocycles. The molecule has 0 aliphatic rings. The van der Waals surface area contributed by atoms with E-state index in [0.29, 0.717) is 0 Å². The molecule has 9 heavy (non-hydrogen) atoms. The van der Waals surface area contributed by atoms with Crippen LogP contribution in [0.5, 0.6) is 0 Å². The molecular weight excluding hydrogens is 364 g/mol. The molecular formula is C2O6Pu. The van der Waals surface area contributed by atoms with Crippen molar-refractivity contribution < 1.29 is 59.2 Å². The zero-order valence-corrected chi connectivity index (χ0v) is 7.26. The first kappa shape index (κ1) is 15.8. The molecule has 0 bridgehead atoms. The quantitative estimate of drug-likeness (QED) is 0.424. The van der Waals surface area contributed by atoms with E-state index in [4.69, 9.17) is 30.0 Å². The minimum atomic E-state index is -2.33. The summed E-state index contributed by atoms with van der Waals surface area (Å²) in [7, 11) is 0. The van der Waals surface area contributed by atoms with E-state index < -0.39 is 12.3 Å². The van der Waals surface area contributed by atoms with Gasteiger partial charge in [0.25, 0.3) is 0 Å². The standard InChI is InChI=1S/2CH2O3.Pu/c2*2-1(3)4;/h2*(H2,2,3,4);/q;;+4/p-4. The topological polar surface area (TPSA) is 126 Å². The maximum absolute atomic E-state index is 8.33. The van der Waals surface area contributed by atoms with Gasteiger partial charge in [0.1, 0.15) is 0 Å². The van der Waals surface area contributed by atoms with Crippen LogP contribution < -0.4 is 20.4 Å². The number of carboxylic acid groups (broad SMARTS) is 4. The SMILES string of the molecule is O=C([O-])[O-].O=C([O-])[O-].[Pu+4]. The van der Waals surface area contributed by atoms with Gasteiger partial charge >= 0.3 is 29.2 Å². The Labute approximate surface area is 71.7 Å². The van der Waals surface area contributed by atoms with E-state index in [1.807, 2.05) is 0 Å². The van der Waals surface area contributed by atoms with Crippen molar-refractivity contribution >= 4 is 12.3 Å². The Hall–Kier alpha value is -0.473. The first-order valence-electron chi connectivity index (χ1n) is 1.22. The molecule has 6 nitrogen and oxygen atoms in total. The van der Waals surface area contributed by atoms with Gasteiger partial charge in [-0.2, -0.15) is 0 Å². The largest absolute Gasteiger partial charge is 4.00 e. The fraction of sp³-hybridized carbons (Fsp3) is 0. The van der Waals surface area contributed by atoms with Crippen molar-refractivity contribution in [2.24, 2.45) is 0 Å². The second-order valence-corrected chi connectivity index (χ2v) is 0.500. The minimum Gasteiger partial charge on any atom is -0.652 e. The van der Waals surface area contributed by atoms with Gasteiger partial charge in [-0.3, -0.25) is 0 Å². The van der Waals surface area contributed by atoms with Crippen LogP contribution in [0, 0.1) is 29.2 Å². The van der Waals surface area contributed by atoms with Gasteiger partial charge in [0, 0.05) is 0 Å². The summed E-state index contributed by atoms with van der Waals surface area (Å²) in [5, 5.41) is 33.3. The predicted molar refractivity (Wildman–Crippen MR) is 10.8 cm³/mol. The van der Waals surface area contributed by atoms with Crippen LogP contribution in [-0.4, -0.2) is 12.3 Å². The molecule has 0 rings (SSSR count). The van der Waals surface area contributed by atoms with Crippen molar-refractivity contribution in [2.75, 3.05) is 0 Å². The Morgan fingerprint density at radius 1 is 0.778 bits per heavy atom. The van der Waals surface area contributed by atoms with Gasteiger partial charge in [0.15, 0.2) is 0 Å². The molecule has 50 valence electrons. The van der Waals surface area contributed by atoms with Gasteiger partial charge in [-0.25, -0.2) is 0 Å². The molecule has 0 aromatic carbocycles. The molecule has 0 aromatic heterocycles. The third kappa shape index (κ3) is 1030. The Balaban J connectivity index is -0.0000000720. The molecule has 0 N–H and O–H groups in total. The maximum Gasteiger partial charge on any atom is 4.00 e. The first-order valence-corrected chi connectivity index (χ1v) is 1.22. The van der Waals surface area contributed by atoms with E-state index >= 15 is 0 Å². The van der Waals surface area contributed by atoms with Crippen LogP contribution in [0.3, 0.4) is 0 Å². The van der Waals surface area contributed by atoms with Gasteiger partial charge in [0.05, 0.1) is 0 Å². The van der Waals surface area contributed by atoms with E-state index in [9.17, 15) is 0 Å². The molecule has 7 heteroatoms. The van der Waals surface area contributed by atoms with Crippen molar-refractivity contribution in [3.8, 4) is 0 Å². The summed E-state index contributed by atoms with van der Waals surface area (Å²) in [6.45, 7) is 0. The summed E-state index contributed by atoms with van der Waals surface area (Å²) in [5.41, 5.74) is 0. The van der Waals surface area contributed by atoms with Crippen molar-refractivity contribution in [3.63, 3.8) is 0 Å². The molecule has 0 atom stereocenters. The van der Waals surface area contributed by atoms with Gasteiger partial charge < -0.3 is 30.0 Å². The summed E-state index contributed by atoms with van der Waals surface area (Å²) in [6, 6.07) is 0. The summed E-state index contributed by atoms with van der Waals surface area (Å²) in [4.78, 5) is 16.7. The Kier molecular flexibility index (Phi) is 18.4. The van der Waals surface area contributed by atoms with Crippen LogP contribution in [0.4, 0.5) is 9.59 Å². The van der Waals surface area contributed by atoms with E-state index in [2.05, 4.69) is 0 Å². The first-order chi connectivity index (χ1) is 3.46. The van der Waals surface area contributed by atoms with Crippen LogP contribution in [0.25, 0.3) is 0 Å². The van der Waals surface area contributed by atoms with Crippen LogP contribution in [0.1, 0.15) is 0 Å². The second kappa shape index (κ2) is 10.5. The van der Waals surface area contributed by atoms with E-state index in [1.165, 1.54) is 0 Å². The van der Waals surface area contributed by atoms with E-state index in [0.717, 1.165) is 0 Å². The van der Waals surface area contributed by atoms with E-state index in [-0.39, 0.29) is 29.2 Å². The van der Waals surface area contributed by atoms with Gasteiger partial charge in [-0.05, 0) is 12.3 Å². The Bertz CT molecular complexity index is 69.1. The number of carbonyl (C=O) groups excluding carboxylic acids is 2. The van der Waals surface area contributed by atoms with Crippen molar-refractivity contribution in [2.45, 2.75) is 0 Å². The van der Waals surface area contributed by atoms with E-state index in [1.54, 1.807) is 0 Å². The van der Waals surface area contributed by atoms with Gasteiger partial charge in [-0.15, -0.1) is 0 Å². The Morgan fingerprint density at radius 2 is 0.778 bits per heavy atom. The van der Waals surface area contributed by atoms with Crippen molar-refractivity contribution in [1.29, 1.82) is 0 Å². The van der Waals surface area contributed by atoms with Crippen LogP contribution in [0.15, 0.2) is 0 Å². The fourth-order valence-electron chi connectivity index (χ4n) is 0. The van der Waals surface area contributed by atoms with Gasteiger partial charge in [-0.1, -0.05) is 0 Å². The number of hydrogen-bond acceptors (Lipinski definition) is 6. The second-order valence-electron chi connectivity index (χ2n) is 0.500. The zero-order chi connectivity index (χ0) is 7.15. The molecule has 0 radical (unpaired) electrons. The predicted octanol–water partition coefficient (Wildman–Crippen LogP) is -4.89. The number of rotatable bonds is 0. The molecule has 0 heterocycles. The van der Waals surface area contributed by atoms with Crippen LogP contribution >= 0.6 is 0 Å². The average molecular weight is 364 g/mol. The van der Waals surface area contributed by atoms with Crippen LogP contribution in [0.2, 0.25) is 0 Å². The molecule has 0 aliphatic heterocycles. The molecule has 0 aromatic rings. The molecule has 0 saturated heterocycles. The number of carbonyl (C=O) groups is 2. The Morgan fingerprint density at radius 3 is 0.778 bits per heavy atom. The van der Waals surface area contributed by atoms with Crippen molar-refractivity contribution in [1.82, 2.24) is 0 Å². The third-order valence-corrected chi connectivity index (χ3v) is 0. The summed E-state index contributed by atoms with van der Waals surface area (Å²) in [5.74, 6) is 0. The van der Waals surface area contributed by atoms with Crippen molar-refractivity contribution in [3.05, 3.63) is 0 Å². The average Bonchev–Trinajstić information content (AvgIpc) is 1.25.